The monoisotopic (exact) mass is 186 g/mol. The number of ether oxygens (including phenoxy) is 1. The van der Waals surface area contributed by atoms with Crippen LogP contribution in [0.1, 0.15) is 58.8 Å². The van der Waals surface area contributed by atoms with E-state index in [-0.39, 0.29) is 0 Å². The number of rotatable bonds is 9. The van der Waals surface area contributed by atoms with Crippen LogP contribution in [0.25, 0.3) is 0 Å². The molecular weight excluding hydrogens is 160 g/mol. The van der Waals surface area contributed by atoms with Crippen molar-refractivity contribution in [1.82, 2.24) is 0 Å². The topological polar surface area (TPSA) is 9.23 Å². The Bertz CT molecular complexity index is 91.1. The smallest absolute Gasteiger partial charge is 0.0464 e. The number of hydrogen-bond donors (Lipinski definition) is 0. The summed E-state index contributed by atoms with van der Waals surface area (Å²) in [6, 6.07) is 0. The molecule has 0 rings (SSSR count). The molecule has 80 valence electrons. The fourth-order valence-electron chi connectivity index (χ4n) is 1.70. The van der Waals surface area contributed by atoms with Crippen LogP contribution < -0.4 is 0 Å². The van der Waals surface area contributed by atoms with Crippen molar-refractivity contribution < 1.29 is 4.74 Å². The second kappa shape index (κ2) is 10.0. The second-order valence-corrected chi connectivity index (χ2v) is 3.91. The van der Waals surface area contributed by atoms with E-state index in [1.165, 1.54) is 44.9 Å². The first kappa shape index (κ1) is 13.0. The molecule has 0 heterocycles. The van der Waals surface area contributed by atoms with Gasteiger partial charge in [0.05, 0.1) is 0 Å². The molecule has 1 atom stereocenters. The molecule has 0 unspecified atom stereocenters. The highest BCUT2D eigenvalue weighted by molar-refractivity contribution is 4.57. The van der Waals surface area contributed by atoms with Crippen molar-refractivity contribution in [2.24, 2.45) is 5.92 Å². The van der Waals surface area contributed by atoms with E-state index in [0.29, 0.717) is 0 Å². The van der Waals surface area contributed by atoms with E-state index in [4.69, 9.17) is 4.74 Å². The highest BCUT2D eigenvalue weighted by atomic mass is 16.5. The lowest BCUT2D eigenvalue weighted by Crippen LogP contribution is -2.03. The van der Waals surface area contributed by atoms with Crippen LogP contribution in [0, 0.1) is 5.92 Å². The van der Waals surface area contributed by atoms with Crippen molar-refractivity contribution in [2.75, 3.05) is 13.7 Å². The van der Waals surface area contributed by atoms with Gasteiger partial charge in [-0.05, 0) is 12.3 Å². The zero-order valence-electron chi connectivity index (χ0n) is 9.64. The SMILES string of the molecule is CCCCCC[C@@H](CC)CCOC. The summed E-state index contributed by atoms with van der Waals surface area (Å²) in [7, 11) is 1.80. The third kappa shape index (κ3) is 8.29. The molecule has 0 aromatic rings. The molecule has 1 nitrogen and oxygen atoms in total. The molecule has 1 heteroatoms. The Kier molecular flexibility index (Phi) is 10.0. The predicted octanol–water partition coefficient (Wildman–Crippen LogP) is 4.02. The van der Waals surface area contributed by atoms with E-state index < -0.39 is 0 Å². The van der Waals surface area contributed by atoms with Gasteiger partial charge in [0.2, 0.25) is 0 Å². The Morgan fingerprint density at radius 1 is 1.00 bits per heavy atom. The molecule has 0 aromatic heterocycles. The lowest BCUT2D eigenvalue weighted by Gasteiger charge is -2.13. The lowest BCUT2D eigenvalue weighted by molar-refractivity contribution is 0.173. The minimum absolute atomic E-state index is 0.900. The Balaban J connectivity index is 3.25. The summed E-state index contributed by atoms with van der Waals surface area (Å²) in [5, 5.41) is 0. The van der Waals surface area contributed by atoms with Crippen LogP contribution in [-0.2, 0) is 4.74 Å². The minimum atomic E-state index is 0.900. The van der Waals surface area contributed by atoms with Gasteiger partial charge in [0.15, 0.2) is 0 Å². The van der Waals surface area contributed by atoms with Crippen molar-refractivity contribution in [1.29, 1.82) is 0 Å². The summed E-state index contributed by atoms with van der Waals surface area (Å²) in [4.78, 5) is 0. The van der Waals surface area contributed by atoms with Crippen LogP contribution in [0.5, 0.6) is 0 Å². The summed E-state index contributed by atoms with van der Waals surface area (Å²) in [5.41, 5.74) is 0. The van der Waals surface area contributed by atoms with E-state index in [2.05, 4.69) is 13.8 Å². The normalized spacial score (nSPS) is 13.2. The number of methoxy groups -OCH3 is 1. The van der Waals surface area contributed by atoms with E-state index in [1.54, 1.807) is 7.11 Å². The van der Waals surface area contributed by atoms with Crippen molar-refractivity contribution in [3.05, 3.63) is 0 Å². The van der Waals surface area contributed by atoms with Crippen molar-refractivity contribution in [2.45, 2.75) is 58.8 Å². The van der Waals surface area contributed by atoms with Gasteiger partial charge in [-0.25, -0.2) is 0 Å². The number of hydrogen-bond acceptors (Lipinski definition) is 1. The van der Waals surface area contributed by atoms with Crippen LogP contribution in [-0.4, -0.2) is 13.7 Å². The summed E-state index contributed by atoms with van der Waals surface area (Å²) in [6.45, 7) is 5.49. The first-order chi connectivity index (χ1) is 6.35. The second-order valence-electron chi connectivity index (χ2n) is 3.91. The molecule has 0 spiro atoms. The molecule has 0 amide bonds. The quantitative estimate of drug-likeness (QED) is 0.494. The van der Waals surface area contributed by atoms with Gasteiger partial charge in [0, 0.05) is 13.7 Å². The summed E-state index contributed by atoms with van der Waals surface area (Å²) < 4.78 is 5.10. The van der Waals surface area contributed by atoms with Gasteiger partial charge < -0.3 is 4.74 Å². The molecule has 0 fully saturated rings. The van der Waals surface area contributed by atoms with Crippen molar-refractivity contribution in [3.63, 3.8) is 0 Å². The maximum absolute atomic E-state index is 5.10. The van der Waals surface area contributed by atoms with Crippen molar-refractivity contribution in [3.8, 4) is 0 Å². The molecule has 0 aliphatic carbocycles. The van der Waals surface area contributed by atoms with Gasteiger partial charge in [0.1, 0.15) is 0 Å². The van der Waals surface area contributed by atoms with Crippen LogP contribution in [0.4, 0.5) is 0 Å². The van der Waals surface area contributed by atoms with Crippen molar-refractivity contribution >= 4 is 0 Å². The summed E-state index contributed by atoms with van der Waals surface area (Å²) in [5.74, 6) is 0.900. The Morgan fingerprint density at radius 3 is 2.31 bits per heavy atom. The minimum Gasteiger partial charge on any atom is -0.385 e. The van der Waals surface area contributed by atoms with E-state index in [1.807, 2.05) is 0 Å². The molecule has 0 N–H and O–H groups in total. The van der Waals surface area contributed by atoms with Crippen LogP contribution in [0.3, 0.4) is 0 Å². The zero-order chi connectivity index (χ0) is 9.94. The highest BCUT2D eigenvalue weighted by Crippen LogP contribution is 2.17. The average Bonchev–Trinajstić information content (AvgIpc) is 2.17. The molecule has 0 saturated heterocycles. The molecule has 0 aromatic carbocycles. The highest BCUT2D eigenvalue weighted by Gasteiger charge is 2.04. The predicted molar refractivity (Wildman–Crippen MR) is 59.0 cm³/mol. The Morgan fingerprint density at radius 2 is 1.77 bits per heavy atom. The first-order valence-electron chi connectivity index (χ1n) is 5.84. The maximum atomic E-state index is 5.10. The lowest BCUT2D eigenvalue weighted by atomic mass is 9.95. The zero-order valence-corrected chi connectivity index (χ0v) is 9.64. The standard InChI is InChI=1S/C12H26O/c1-4-6-7-8-9-12(5-2)10-11-13-3/h12H,4-11H2,1-3H3/t12-/m1/s1. The Labute approximate surface area is 83.9 Å². The van der Waals surface area contributed by atoms with Gasteiger partial charge in [0.25, 0.3) is 0 Å². The van der Waals surface area contributed by atoms with E-state index in [9.17, 15) is 0 Å². The van der Waals surface area contributed by atoms with Gasteiger partial charge in [-0.1, -0.05) is 52.4 Å². The maximum Gasteiger partial charge on any atom is 0.0464 e. The molecule has 13 heavy (non-hydrogen) atoms. The van der Waals surface area contributed by atoms with E-state index in [0.717, 1.165) is 12.5 Å². The van der Waals surface area contributed by atoms with Gasteiger partial charge >= 0.3 is 0 Å². The molecule has 0 radical (unpaired) electrons. The third-order valence-corrected chi connectivity index (χ3v) is 2.77. The molecule has 0 bridgehead atoms. The summed E-state index contributed by atoms with van der Waals surface area (Å²) in [6.07, 6.45) is 9.54. The summed E-state index contributed by atoms with van der Waals surface area (Å²) >= 11 is 0. The molecule has 0 aliphatic rings. The van der Waals surface area contributed by atoms with Gasteiger partial charge in [-0.2, -0.15) is 0 Å². The molecule has 0 aliphatic heterocycles. The first-order valence-corrected chi connectivity index (χ1v) is 5.84. The average molecular weight is 186 g/mol. The van der Waals surface area contributed by atoms with Gasteiger partial charge in [-0.3, -0.25) is 0 Å². The Hall–Kier alpha value is -0.0400. The fraction of sp³-hybridized carbons (Fsp3) is 1.00. The van der Waals surface area contributed by atoms with Crippen LogP contribution >= 0.6 is 0 Å². The van der Waals surface area contributed by atoms with Crippen LogP contribution in [0.2, 0.25) is 0 Å². The largest absolute Gasteiger partial charge is 0.385 e. The fourth-order valence-corrected chi connectivity index (χ4v) is 1.70. The third-order valence-electron chi connectivity index (χ3n) is 2.77. The molecule has 0 saturated carbocycles. The molecular formula is C12H26O. The van der Waals surface area contributed by atoms with E-state index >= 15 is 0 Å². The number of unbranched alkanes of at least 4 members (excludes halogenated alkanes) is 3. The van der Waals surface area contributed by atoms with Crippen LogP contribution in [0.15, 0.2) is 0 Å². The van der Waals surface area contributed by atoms with Gasteiger partial charge in [-0.15, -0.1) is 0 Å².